The van der Waals surface area contributed by atoms with Crippen molar-refractivity contribution < 1.29 is 0 Å². The molecular formula is C19H27Cl3Si3. The van der Waals surface area contributed by atoms with Gasteiger partial charge in [0.1, 0.15) is 16.1 Å². The average molecular weight is 446 g/mol. The molecule has 0 spiro atoms. The number of halogens is 3. The van der Waals surface area contributed by atoms with E-state index in [4.69, 9.17) is 34.8 Å². The van der Waals surface area contributed by atoms with Gasteiger partial charge in [-0.05, 0) is 5.19 Å². The third-order valence-electron chi connectivity index (χ3n) is 3.19. The Balaban J connectivity index is 3.90. The van der Waals surface area contributed by atoms with E-state index in [2.05, 4.69) is 81.9 Å². The molecule has 0 bridgehead atoms. The van der Waals surface area contributed by atoms with Gasteiger partial charge in [0.05, 0.1) is 34.3 Å². The Morgan fingerprint density at radius 1 is 0.560 bits per heavy atom. The minimum atomic E-state index is -1.79. The summed E-state index contributed by atoms with van der Waals surface area (Å²) in [4.78, 5) is 0. The first-order chi connectivity index (χ1) is 11.0. The van der Waals surface area contributed by atoms with Gasteiger partial charge in [0, 0.05) is 0 Å². The van der Waals surface area contributed by atoms with Gasteiger partial charge in [0.2, 0.25) is 0 Å². The monoisotopic (exact) mass is 444 g/mol. The van der Waals surface area contributed by atoms with Crippen LogP contribution in [0.5, 0.6) is 0 Å². The van der Waals surface area contributed by atoms with E-state index in [-0.39, 0.29) is 0 Å². The molecule has 0 heterocycles. The molecule has 0 aliphatic carbocycles. The van der Waals surface area contributed by atoms with Crippen LogP contribution in [0.2, 0.25) is 74.0 Å². The molecule has 0 saturated carbocycles. The predicted molar refractivity (Wildman–Crippen MR) is 125 cm³/mol. The van der Waals surface area contributed by atoms with E-state index in [9.17, 15) is 0 Å². The second-order valence-electron chi connectivity index (χ2n) is 9.32. The summed E-state index contributed by atoms with van der Waals surface area (Å²) in [5, 5.41) is 2.71. The van der Waals surface area contributed by atoms with Crippen LogP contribution < -0.4 is 5.19 Å². The van der Waals surface area contributed by atoms with Crippen molar-refractivity contribution in [2.45, 2.75) is 58.9 Å². The predicted octanol–water partition coefficient (Wildman–Crippen LogP) is 6.65. The zero-order chi connectivity index (χ0) is 19.8. The first kappa shape index (κ1) is 22.9. The summed E-state index contributed by atoms with van der Waals surface area (Å²) in [6, 6.07) is 0. The van der Waals surface area contributed by atoms with Crippen molar-refractivity contribution in [2.75, 3.05) is 0 Å². The van der Waals surface area contributed by atoms with E-state index in [1.807, 2.05) is 0 Å². The summed E-state index contributed by atoms with van der Waals surface area (Å²) in [7, 11) is -4.91. The topological polar surface area (TPSA) is 0 Å². The molecule has 0 unspecified atom stereocenters. The zero-order valence-corrected chi connectivity index (χ0v) is 21.9. The van der Waals surface area contributed by atoms with Gasteiger partial charge in [-0.15, -0.1) is 11.1 Å². The molecule has 0 fully saturated rings. The Kier molecular flexibility index (Phi) is 7.19. The lowest BCUT2D eigenvalue weighted by atomic mass is 10.1. The van der Waals surface area contributed by atoms with Crippen molar-refractivity contribution in [3.05, 3.63) is 26.2 Å². The third-order valence-corrected chi connectivity index (χ3v) is 8.39. The van der Waals surface area contributed by atoms with Gasteiger partial charge < -0.3 is 0 Å². The minimum Gasteiger partial charge on any atom is -0.127 e. The summed E-state index contributed by atoms with van der Waals surface area (Å²) in [6.45, 7) is 19.8. The summed E-state index contributed by atoms with van der Waals surface area (Å²) in [5.41, 5.74) is 8.12. The summed E-state index contributed by atoms with van der Waals surface area (Å²) < 4.78 is 0. The highest BCUT2D eigenvalue weighted by Gasteiger charge is 2.29. The fraction of sp³-hybridized carbons (Fsp3) is 0.474. The number of hydrogen-bond acceptors (Lipinski definition) is 0. The van der Waals surface area contributed by atoms with E-state index in [0.29, 0.717) is 26.2 Å². The number of rotatable bonds is 1. The number of hydrogen-bond donors (Lipinski definition) is 0. The lowest BCUT2D eigenvalue weighted by Gasteiger charge is -2.23. The van der Waals surface area contributed by atoms with Crippen LogP contribution in [0.1, 0.15) is 11.1 Å². The average Bonchev–Trinajstić information content (AvgIpc) is 2.33. The smallest absolute Gasteiger partial charge is 0.127 e. The van der Waals surface area contributed by atoms with E-state index in [1.54, 1.807) is 0 Å². The number of benzene rings is 1. The largest absolute Gasteiger partial charge is 0.129 e. The van der Waals surface area contributed by atoms with E-state index in [0.717, 1.165) is 5.19 Å². The van der Waals surface area contributed by atoms with Crippen LogP contribution in [-0.2, 0) is 0 Å². The van der Waals surface area contributed by atoms with Crippen LogP contribution in [0.4, 0.5) is 0 Å². The molecule has 6 heteroatoms. The molecular weight excluding hydrogens is 419 g/mol. The normalized spacial score (nSPS) is 12.2. The van der Waals surface area contributed by atoms with Crippen molar-refractivity contribution in [1.29, 1.82) is 0 Å². The molecule has 136 valence electrons. The molecule has 0 aliphatic heterocycles. The van der Waals surface area contributed by atoms with Crippen molar-refractivity contribution in [1.82, 2.24) is 0 Å². The highest BCUT2D eigenvalue weighted by atomic mass is 35.5. The van der Waals surface area contributed by atoms with E-state index in [1.165, 1.54) is 0 Å². The van der Waals surface area contributed by atoms with E-state index < -0.39 is 24.2 Å². The van der Waals surface area contributed by atoms with Crippen LogP contribution in [-0.4, -0.2) is 24.2 Å². The molecule has 0 saturated heterocycles. The summed E-state index contributed by atoms with van der Waals surface area (Å²) in [5.74, 6) is 6.51. The molecule has 0 amide bonds. The van der Waals surface area contributed by atoms with Gasteiger partial charge >= 0.3 is 0 Å². The second-order valence-corrected chi connectivity index (χ2v) is 25.0. The van der Waals surface area contributed by atoms with Gasteiger partial charge in [-0.25, -0.2) is 0 Å². The molecule has 1 aromatic rings. The van der Waals surface area contributed by atoms with E-state index >= 15 is 0 Å². The lowest BCUT2D eigenvalue weighted by molar-refractivity contribution is 1.59. The third kappa shape index (κ3) is 6.51. The van der Waals surface area contributed by atoms with Crippen molar-refractivity contribution in [3.63, 3.8) is 0 Å². The van der Waals surface area contributed by atoms with Crippen molar-refractivity contribution >= 4 is 64.2 Å². The van der Waals surface area contributed by atoms with Gasteiger partial charge in [-0.3, -0.25) is 0 Å². The van der Waals surface area contributed by atoms with Crippen LogP contribution in [0, 0.1) is 22.9 Å². The molecule has 0 aliphatic rings. The first-order valence-electron chi connectivity index (χ1n) is 8.32. The molecule has 0 radical (unpaired) electrons. The van der Waals surface area contributed by atoms with Gasteiger partial charge in [0.25, 0.3) is 0 Å². The molecule has 0 aromatic heterocycles. The van der Waals surface area contributed by atoms with Gasteiger partial charge in [0.15, 0.2) is 0 Å². The maximum absolute atomic E-state index is 6.73. The van der Waals surface area contributed by atoms with Crippen LogP contribution >= 0.6 is 34.8 Å². The Hall–Kier alpha value is -0.139. The SMILES string of the molecule is C[Si](C)(C)C#Cc1c(Cl)c(C#C[Si](C)(C)C)c(Cl)c([Si](C)(C)C)c1Cl. The van der Waals surface area contributed by atoms with Gasteiger partial charge in [-0.2, -0.15) is 0 Å². The molecule has 1 aromatic carbocycles. The summed E-state index contributed by atoms with van der Waals surface area (Å²) in [6.07, 6.45) is 0. The highest BCUT2D eigenvalue weighted by molar-refractivity contribution is 6.92. The summed E-state index contributed by atoms with van der Waals surface area (Å²) >= 11 is 20.1. The Labute approximate surface area is 171 Å². The quantitative estimate of drug-likeness (QED) is 0.335. The first-order valence-corrected chi connectivity index (χ1v) is 20.0. The molecule has 1 rings (SSSR count). The maximum atomic E-state index is 6.73. The standard InChI is InChI=1S/C19H27Cl3Si3/c1-23(2,3)12-10-14-16(20)15(11-13-24(4,5)6)18(22)19(17(14)21)25(7,8)9/h1-9H3. The fourth-order valence-electron chi connectivity index (χ4n) is 2.04. The zero-order valence-electron chi connectivity index (χ0n) is 16.6. The van der Waals surface area contributed by atoms with Crippen molar-refractivity contribution in [3.8, 4) is 22.9 Å². The Morgan fingerprint density at radius 3 is 1.12 bits per heavy atom. The van der Waals surface area contributed by atoms with Crippen LogP contribution in [0.15, 0.2) is 0 Å². The minimum absolute atomic E-state index is 0.494. The van der Waals surface area contributed by atoms with Crippen molar-refractivity contribution in [2.24, 2.45) is 0 Å². The second kappa shape index (κ2) is 7.85. The van der Waals surface area contributed by atoms with Crippen LogP contribution in [0.3, 0.4) is 0 Å². The van der Waals surface area contributed by atoms with Gasteiger partial charge in [-0.1, -0.05) is 106 Å². The maximum Gasteiger partial charge on any atom is 0.129 e. The highest BCUT2D eigenvalue weighted by Crippen LogP contribution is 2.34. The molecule has 0 nitrogen and oxygen atoms in total. The lowest BCUT2D eigenvalue weighted by Crippen LogP contribution is -2.40. The van der Waals surface area contributed by atoms with Crippen LogP contribution in [0.25, 0.3) is 0 Å². The molecule has 25 heavy (non-hydrogen) atoms. The molecule has 0 N–H and O–H groups in total. The fourth-order valence-corrected chi connectivity index (χ4v) is 7.21. The Morgan fingerprint density at radius 2 is 0.880 bits per heavy atom. The molecule has 0 atom stereocenters. The Bertz CT molecular complexity index is 741.